The van der Waals surface area contributed by atoms with Gasteiger partial charge in [-0.2, -0.15) is 4.76 Å². The Morgan fingerprint density at radius 2 is 2.00 bits per heavy atom. The van der Waals surface area contributed by atoms with Crippen LogP contribution < -0.4 is 0 Å². The zero-order chi connectivity index (χ0) is 16.3. The Kier molecular flexibility index (Phi) is 4.61. The Morgan fingerprint density at radius 3 is 2.64 bits per heavy atom. The number of nitrogens with zero attached hydrogens (tertiary/aromatic N) is 1. The molecule has 1 aliphatic rings. The van der Waals surface area contributed by atoms with E-state index in [0.717, 1.165) is 0 Å². The molecular formula is C14H14NO6P. The van der Waals surface area contributed by atoms with Crippen LogP contribution in [0.15, 0.2) is 52.5 Å². The summed E-state index contributed by atoms with van der Waals surface area (Å²) >= 11 is 0. The van der Waals surface area contributed by atoms with Gasteiger partial charge in [0.05, 0.1) is 11.3 Å². The highest BCUT2D eigenvalue weighted by Crippen LogP contribution is 2.38. The molecule has 0 heterocycles. The molecule has 22 heavy (non-hydrogen) atoms. The van der Waals surface area contributed by atoms with E-state index in [1.807, 2.05) is 0 Å². The van der Waals surface area contributed by atoms with Crippen LogP contribution in [-0.2, 0) is 15.8 Å². The van der Waals surface area contributed by atoms with E-state index in [-0.39, 0.29) is 35.6 Å². The molecule has 7 nitrogen and oxygen atoms in total. The van der Waals surface area contributed by atoms with Crippen LogP contribution in [0.3, 0.4) is 0 Å². The summed E-state index contributed by atoms with van der Waals surface area (Å²) in [5.74, 6) is -0.931. The number of aliphatic hydroxyl groups is 1. The average Bonchev–Trinajstić information content (AvgIpc) is 2.36. The monoisotopic (exact) mass is 323 g/mol. The smallest absolute Gasteiger partial charge is 0.448 e. The topological polar surface area (TPSA) is 127 Å². The van der Waals surface area contributed by atoms with E-state index in [0.29, 0.717) is 5.56 Å². The number of benzene rings is 1. The van der Waals surface area contributed by atoms with Crippen LogP contribution in [-0.4, -0.2) is 31.5 Å². The first-order chi connectivity index (χ1) is 10.3. The number of aliphatic hydroxyl groups excluding tert-OH is 1. The molecule has 0 atom stereocenters. The second-order valence-corrected chi connectivity index (χ2v) is 5.92. The Labute approximate surface area is 126 Å². The van der Waals surface area contributed by atoms with Gasteiger partial charge in [-0.3, -0.25) is 4.79 Å². The minimum absolute atomic E-state index is 0.00357. The summed E-state index contributed by atoms with van der Waals surface area (Å²) in [5.41, 5.74) is 0.142. The van der Waals surface area contributed by atoms with Gasteiger partial charge in [0.15, 0.2) is 5.78 Å². The van der Waals surface area contributed by atoms with Crippen LogP contribution >= 0.6 is 7.75 Å². The van der Waals surface area contributed by atoms with Gasteiger partial charge in [-0.25, -0.2) is 4.57 Å². The fourth-order valence-electron chi connectivity index (χ4n) is 2.11. The molecule has 8 heteroatoms. The van der Waals surface area contributed by atoms with Crippen molar-refractivity contribution in [1.82, 2.24) is 0 Å². The van der Waals surface area contributed by atoms with Crippen molar-refractivity contribution in [3.8, 4) is 5.75 Å². The minimum Gasteiger partial charge on any atom is -0.508 e. The van der Waals surface area contributed by atoms with Gasteiger partial charge in [0, 0.05) is 12.8 Å². The van der Waals surface area contributed by atoms with Crippen LogP contribution in [0.25, 0.3) is 0 Å². The fourth-order valence-corrected chi connectivity index (χ4v) is 2.60. The van der Waals surface area contributed by atoms with Gasteiger partial charge >= 0.3 is 7.75 Å². The zero-order valence-corrected chi connectivity index (χ0v) is 12.3. The number of ketones is 1. The normalized spacial score (nSPS) is 17.1. The van der Waals surface area contributed by atoms with Crippen molar-refractivity contribution in [3.63, 3.8) is 0 Å². The average molecular weight is 323 g/mol. The predicted octanol–water partition coefficient (Wildman–Crippen LogP) is 1.81. The highest BCUT2D eigenvalue weighted by Gasteiger charge is 2.25. The Hall–Kier alpha value is -2.21. The molecular weight excluding hydrogens is 309 g/mol. The van der Waals surface area contributed by atoms with Gasteiger partial charge in [-0.15, -0.1) is 0 Å². The summed E-state index contributed by atoms with van der Waals surface area (Å²) in [6.07, 6.45) is 2.64. The van der Waals surface area contributed by atoms with Crippen molar-refractivity contribution >= 4 is 19.2 Å². The lowest BCUT2D eigenvalue weighted by atomic mass is 9.93. The lowest BCUT2D eigenvalue weighted by molar-refractivity contribution is -0.114. The van der Waals surface area contributed by atoms with Crippen LogP contribution in [0, 0.1) is 0 Å². The van der Waals surface area contributed by atoms with Crippen LogP contribution in [0.5, 0.6) is 5.75 Å². The highest BCUT2D eigenvalue weighted by atomic mass is 31.2. The molecule has 1 aliphatic carbocycles. The molecule has 116 valence electrons. The van der Waals surface area contributed by atoms with Gasteiger partial charge in [-0.1, -0.05) is 18.2 Å². The first-order valence-electron chi connectivity index (χ1n) is 6.32. The van der Waals surface area contributed by atoms with Gasteiger partial charge in [0.25, 0.3) is 0 Å². The number of carbonyl (C=O) groups excluding carboxylic acids is 1. The van der Waals surface area contributed by atoms with E-state index in [1.54, 1.807) is 12.1 Å². The highest BCUT2D eigenvalue weighted by molar-refractivity contribution is 7.50. The standard InChI is InChI=1S/C14H14NO6P/c16-10-4-1-3-9(7-10)8-13(18)14-11(15-22(19,20)21)5-2-6-12(14)17/h1-4,6-7,16-17H,5,8H2,(H2,19,20,21). The van der Waals surface area contributed by atoms with Crippen molar-refractivity contribution in [1.29, 1.82) is 0 Å². The maximum Gasteiger partial charge on any atom is 0.448 e. The summed E-state index contributed by atoms with van der Waals surface area (Å²) < 4.78 is 14.2. The molecule has 0 saturated carbocycles. The summed E-state index contributed by atoms with van der Waals surface area (Å²) in [5, 5.41) is 19.2. The molecule has 0 spiro atoms. The lowest BCUT2D eigenvalue weighted by Crippen LogP contribution is -2.19. The van der Waals surface area contributed by atoms with Crippen LogP contribution in [0.1, 0.15) is 12.0 Å². The minimum atomic E-state index is -4.71. The van der Waals surface area contributed by atoms with E-state index in [2.05, 4.69) is 4.76 Å². The SMILES string of the molecule is O=C(Cc1cccc(O)c1)C1=C(O)C=CCC1=NP(=O)(O)O. The summed E-state index contributed by atoms with van der Waals surface area (Å²) in [6, 6.07) is 6.04. The lowest BCUT2D eigenvalue weighted by Gasteiger charge is -2.14. The first kappa shape index (κ1) is 16.2. The Bertz CT molecular complexity index is 743. The second kappa shape index (κ2) is 6.27. The van der Waals surface area contributed by atoms with E-state index in [1.165, 1.54) is 24.3 Å². The van der Waals surface area contributed by atoms with Crippen LogP contribution in [0.4, 0.5) is 0 Å². The number of hydrogen-bond donors (Lipinski definition) is 4. The molecule has 0 aromatic heterocycles. The predicted molar refractivity (Wildman–Crippen MR) is 79.7 cm³/mol. The molecule has 0 bridgehead atoms. The molecule has 1 aromatic carbocycles. The molecule has 0 unspecified atom stereocenters. The number of Topliss-reactive ketones (excluding diaryl/α,β-unsaturated/α-hetero) is 1. The van der Waals surface area contributed by atoms with E-state index >= 15 is 0 Å². The summed E-state index contributed by atoms with van der Waals surface area (Å²) in [6.45, 7) is 0. The molecule has 0 amide bonds. The first-order valence-corrected chi connectivity index (χ1v) is 7.88. The molecule has 0 fully saturated rings. The van der Waals surface area contributed by atoms with E-state index in [9.17, 15) is 19.6 Å². The number of rotatable bonds is 4. The number of hydrogen-bond acceptors (Lipinski definition) is 4. The third-order valence-electron chi connectivity index (χ3n) is 2.94. The van der Waals surface area contributed by atoms with Crippen LogP contribution in [0.2, 0.25) is 0 Å². The Balaban J connectivity index is 2.34. The molecule has 0 radical (unpaired) electrons. The van der Waals surface area contributed by atoms with Gasteiger partial charge in [0.1, 0.15) is 11.5 Å². The van der Waals surface area contributed by atoms with Crippen molar-refractivity contribution in [2.45, 2.75) is 12.8 Å². The number of aromatic hydroxyl groups is 1. The number of carbonyl (C=O) groups is 1. The number of phenolic OH excluding ortho intramolecular Hbond substituents is 1. The summed E-state index contributed by atoms with van der Waals surface area (Å²) in [4.78, 5) is 30.2. The molecule has 4 N–H and O–H groups in total. The quantitative estimate of drug-likeness (QED) is 0.626. The molecule has 0 saturated heterocycles. The van der Waals surface area contributed by atoms with E-state index < -0.39 is 13.5 Å². The Morgan fingerprint density at radius 1 is 1.27 bits per heavy atom. The van der Waals surface area contributed by atoms with Crippen molar-refractivity contribution in [2.75, 3.05) is 0 Å². The molecule has 0 aliphatic heterocycles. The largest absolute Gasteiger partial charge is 0.508 e. The molecule has 2 rings (SSSR count). The third-order valence-corrected chi connectivity index (χ3v) is 3.44. The van der Waals surface area contributed by atoms with Gasteiger partial charge in [-0.05, 0) is 23.8 Å². The van der Waals surface area contributed by atoms with Gasteiger partial charge in [0.2, 0.25) is 0 Å². The maximum atomic E-state index is 12.3. The maximum absolute atomic E-state index is 12.3. The zero-order valence-electron chi connectivity index (χ0n) is 11.4. The number of phenols is 1. The van der Waals surface area contributed by atoms with E-state index in [4.69, 9.17) is 9.79 Å². The van der Waals surface area contributed by atoms with Crippen molar-refractivity contribution < 1.29 is 29.4 Å². The van der Waals surface area contributed by atoms with Crippen molar-refractivity contribution in [2.24, 2.45) is 4.76 Å². The van der Waals surface area contributed by atoms with Gasteiger partial charge < -0.3 is 20.0 Å². The molecule has 1 aromatic rings. The number of allylic oxidation sites excluding steroid dienone is 3. The fraction of sp³-hybridized carbons (Fsp3) is 0.143. The summed E-state index contributed by atoms with van der Waals surface area (Å²) in [7, 11) is -4.71. The van der Waals surface area contributed by atoms with Crippen molar-refractivity contribution in [3.05, 3.63) is 53.3 Å². The third kappa shape index (κ3) is 4.14. The second-order valence-electron chi connectivity index (χ2n) is 4.70.